The highest BCUT2D eigenvalue weighted by molar-refractivity contribution is 7.12. The lowest BCUT2D eigenvalue weighted by molar-refractivity contribution is -0.128. The van der Waals surface area contributed by atoms with Crippen LogP contribution in [-0.2, 0) is 4.79 Å². The van der Waals surface area contributed by atoms with Gasteiger partial charge in [-0.05, 0) is 39.8 Å². The summed E-state index contributed by atoms with van der Waals surface area (Å²) >= 11 is 1.69. The zero-order valence-electron chi connectivity index (χ0n) is 16.3. The number of thiophene rings is 1. The number of fused-ring (bicyclic) bond motifs is 1. The second-order valence-electron chi connectivity index (χ2n) is 7.13. The highest BCUT2D eigenvalue weighted by Crippen LogP contribution is 2.34. The van der Waals surface area contributed by atoms with E-state index in [2.05, 4.69) is 21.5 Å². The Hall–Kier alpha value is -2.74. The van der Waals surface area contributed by atoms with Crippen LogP contribution in [0.2, 0.25) is 0 Å². The smallest absolute Gasteiger partial charge is 0.259 e. The van der Waals surface area contributed by atoms with E-state index in [0.29, 0.717) is 47.7 Å². The second-order valence-corrected chi connectivity index (χ2v) is 8.59. The van der Waals surface area contributed by atoms with Gasteiger partial charge in [0.1, 0.15) is 0 Å². The molecule has 8 heteroatoms. The Balaban J connectivity index is 1.70. The summed E-state index contributed by atoms with van der Waals surface area (Å²) < 4.78 is 5.38. The van der Waals surface area contributed by atoms with Gasteiger partial charge in [-0.3, -0.25) is 9.59 Å². The van der Waals surface area contributed by atoms with Crippen LogP contribution in [0.1, 0.15) is 32.7 Å². The van der Waals surface area contributed by atoms with Gasteiger partial charge in [0.25, 0.3) is 11.6 Å². The number of rotatable bonds is 4. The molecule has 0 radical (unpaired) electrons. The van der Waals surface area contributed by atoms with Crippen LogP contribution in [0.5, 0.6) is 0 Å². The Morgan fingerprint density at radius 2 is 2.04 bits per heavy atom. The van der Waals surface area contributed by atoms with E-state index in [1.807, 2.05) is 26.8 Å². The SMILES string of the molecule is CCNC(=O)C1CN(C(=O)c2cc(-c3cc(C)sc3C)nc3onc(C)c23)C1. The van der Waals surface area contributed by atoms with Crippen molar-refractivity contribution in [3.8, 4) is 11.3 Å². The maximum absolute atomic E-state index is 13.2. The monoisotopic (exact) mass is 398 g/mol. The number of carbonyl (C=O) groups excluding carboxylic acids is 2. The van der Waals surface area contributed by atoms with Crippen molar-refractivity contribution >= 4 is 34.3 Å². The van der Waals surface area contributed by atoms with Crippen LogP contribution in [0.3, 0.4) is 0 Å². The van der Waals surface area contributed by atoms with E-state index in [0.717, 1.165) is 10.4 Å². The Labute approximate surface area is 166 Å². The van der Waals surface area contributed by atoms with Crippen LogP contribution in [0.25, 0.3) is 22.4 Å². The van der Waals surface area contributed by atoms with E-state index in [4.69, 9.17) is 4.52 Å². The number of likely N-dealkylation sites (tertiary alicyclic amines) is 1. The molecule has 0 unspecified atom stereocenters. The van der Waals surface area contributed by atoms with Crippen LogP contribution < -0.4 is 5.32 Å². The van der Waals surface area contributed by atoms with Crippen LogP contribution in [-0.4, -0.2) is 46.5 Å². The molecule has 1 aliphatic heterocycles. The second kappa shape index (κ2) is 7.01. The van der Waals surface area contributed by atoms with Gasteiger partial charge in [0.15, 0.2) is 0 Å². The first-order chi connectivity index (χ1) is 13.4. The van der Waals surface area contributed by atoms with Crippen molar-refractivity contribution in [2.75, 3.05) is 19.6 Å². The number of hydrogen-bond donors (Lipinski definition) is 1. The third-order valence-corrected chi connectivity index (χ3v) is 6.02. The zero-order valence-corrected chi connectivity index (χ0v) is 17.1. The van der Waals surface area contributed by atoms with Crippen molar-refractivity contribution in [3.63, 3.8) is 0 Å². The Bertz CT molecular complexity index is 1080. The molecule has 28 heavy (non-hydrogen) atoms. The van der Waals surface area contributed by atoms with E-state index >= 15 is 0 Å². The van der Waals surface area contributed by atoms with Crippen molar-refractivity contribution in [2.24, 2.45) is 5.92 Å². The lowest BCUT2D eigenvalue weighted by Crippen LogP contribution is -2.55. The summed E-state index contributed by atoms with van der Waals surface area (Å²) in [6.45, 7) is 9.21. The molecule has 3 aromatic heterocycles. The van der Waals surface area contributed by atoms with Gasteiger partial charge in [-0.1, -0.05) is 5.16 Å². The molecule has 1 N–H and O–H groups in total. The largest absolute Gasteiger partial charge is 0.356 e. The fourth-order valence-electron chi connectivity index (χ4n) is 3.59. The molecule has 1 saturated heterocycles. The summed E-state index contributed by atoms with van der Waals surface area (Å²) in [4.78, 5) is 33.8. The van der Waals surface area contributed by atoms with Crippen molar-refractivity contribution in [1.82, 2.24) is 20.4 Å². The number of pyridine rings is 1. The Kier molecular flexibility index (Phi) is 4.66. The molecule has 3 aromatic rings. The quantitative estimate of drug-likeness (QED) is 0.730. The van der Waals surface area contributed by atoms with E-state index in [1.54, 1.807) is 23.2 Å². The molecule has 146 valence electrons. The summed E-state index contributed by atoms with van der Waals surface area (Å²) in [7, 11) is 0. The molecule has 0 spiro atoms. The normalized spacial score (nSPS) is 14.4. The minimum absolute atomic E-state index is 0.00218. The first-order valence-electron chi connectivity index (χ1n) is 9.30. The van der Waals surface area contributed by atoms with E-state index in [-0.39, 0.29) is 17.7 Å². The summed E-state index contributed by atoms with van der Waals surface area (Å²) in [6, 6.07) is 3.89. The van der Waals surface area contributed by atoms with Gasteiger partial charge >= 0.3 is 0 Å². The maximum atomic E-state index is 13.2. The molecule has 0 aliphatic carbocycles. The van der Waals surface area contributed by atoms with Gasteiger partial charge in [-0.2, -0.15) is 0 Å². The fraction of sp³-hybridized carbons (Fsp3) is 0.400. The van der Waals surface area contributed by atoms with Gasteiger partial charge in [-0.25, -0.2) is 4.98 Å². The number of nitrogens with one attached hydrogen (secondary N) is 1. The van der Waals surface area contributed by atoms with E-state index < -0.39 is 0 Å². The molecule has 0 aromatic carbocycles. The molecule has 0 atom stereocenters. The van der Waals surface area contributed by atoms with Crippen LogP contribution >= 0.6 is 11.3 Å². The van der Waals surface area contributed by atoms with Gasteiger partial charge in [0.2, 0.25) is 5.91 Å². The molecule has 0 bridgehead atoms. The van der Waals surface area contributed by atoms with E-state index in [9.17, 15) is 9.59 Å². The number of aryl methyl sites for hydroxylation is 3. The van der Waals surface area contributed by atoms with Crippen molar-refractivity contribution in [2.45, 2.75) is 27.7 Å². The standard InChI is InChI=1S/C20H22N4O3S/c1-5-21-18(25)13-8-24(9-13)20(26)15-7-16(14-6-10(2)28-12(14)4)22-19-17(15)11(3)23-27-19/h6-7,13H,5,8-9H2,1-4H3,(H,21,25). The number of nitrogens with zero attached hydrogens (tertiary/aromatic N) is 3. The lowest BCUT2D eigenvalue weighted by atomic mass is 9.96. The average Bonchev–Trinajstić information content (AvgIpc) is 3.15. The molecule has 1 fully saturated rings. The molecule has 4 rings (SSSR count). The van der Waals surface area contributed by atoms with Gasteiger partial charge in [-0.15, -0.1) is 11.3 Å². The molecular weight excluding hydrogens is 376 g/mol. The number of amides is 2. The predicted octanol–water partition coefficient (Wildman–Crippen LogP) is 3.08. The van der Waals surface area contributed by atoms with Crippen molar-refractivity contribution in [1.29, 1.82) is 0 Å². The Morgan fingerprint density at radius 3 is 2.68 bits per heavy atom. The minimum Gasteiger partial charge on any atom is -0.356 e. The van der Waals surface area contributed by atoms with Gasteiger partial charge in [0, 0.05) is 35.0 Å². The highest BCUT2D eigenvalue weighted by atomic mass is 32.1. The molecule has 7 nitrogen and oxygen atoms in total. The van der Waals surface area contributed by atoms with E-state index in [1.165, 1.54) is 4.88 Å². The molecule has 4 heterocycles. The number of hydrogen-bond acceptors (Lipinski definition) is 6. The summed E-state index contributed by atoms with van der Waals surface area (Å²) in [5, 5.41) is 7.45. The average molecular weight is 398 g/mol. The first-order valence-corrected chi connectivity index (χ1v) is 10.1. The highest BCUT2D eigenvalue weighted by Gasteiger charge is 2.37. The summed E-state index contributed by atoms with van der Waals surface area (Å²) in [5.74, 6) is -0.270. The minimum atomic E-state index is -0.147. The van der Waals surface area contributed by atoms with Crippen LogP contribution in [0.4, 0.5) is 0 Å². The third kappa shape index (κ3) is 3.07. The van der Waals surface area contributed by atoms with Crippen molar-refractivity contribution < 1.29 is 14.1 Å². The number of carbonyl (C=O) groups is 2. The van der Waals surface area contributed by atoms with Crippen LogP contribution in [0.15, 0.2) is 16.7 Å². The maximum Gasteiger partial charge on any atom is 0.259 e. The summed E-state index contributed by atoms with van der Waals surface area (Å²) in [5.41, 5.74) is 3.22. The predicted molar refractivity (Wildman–Crippen MR) is 107 cm³/mol. The fourth-order valence-corrected chi connectivity index (χ4v) is 4.52. The van der Waals surface area contributed by atoms with Crippen LogP contribution in [0, 0.1) is 26.7 Å². The molecule has 0 saturated carbocycles. The summed E-state index contributed by atoms with van der Waals surface area (Å²) in [6.07, 6.45) is 0. The van der Waals surface area contributed by atoms with Gasteiger partial charge in [0.05, 0.1) is 28.3 Å². The third-order valence-electron chi connectivity index (χ3n) is 5.05. The van der Waals surface area contributed by atoms with Crippen molar-refractivity contribution in [3.05, 3.63) is 33.1 Å². The zero-order chi connectivity index (χ0) is 20.0. The molecule has 2 amide bonds. The Morgan fingerprint density at radius 1 is 1.29 bits per heavy atom. The number of aromatic nitrogens is 2. The molecule has 1 aliphatic rings. The first kappa shape index (κ1) is 18.6. The topological polar surface area (TPSA) is 88.3 Å². The lowest BCUT2D eigenvalue weighted by Gasteiger charge is -2.38. The van der Waals surface area contributed by atoms with Gasteiger partial charge < -0.3 is 14.7 Å². The molecular formula is C20H22N4O3S.